The molecule has 1 N–H and O–H groups in total. The average molecular weight is 251 g/mol. The third-order valence-corrected chi connectivity index (χ3v) is 5.15. The van der Waals surface area contributed by atoms with E-state index < -0.39 is 0 Å². The van der Waals surface area contributed by atoms with Gasteiger partial charge in [-0.05, 0) is 68.5 Å². The first kappa shape index (κ1) is 13.1. The third kappa shape index (κ3) is 3.82. The summed E-state index contributed by atoms with van der Waals surface area (Å²) in [5.74, 6) is 2.79. The van der Waals surface area contributed by atoms with Gasteiger partial charge < -0.3 is 5.32 Å². The number of rotatable bonds is 5. The molecule has 1 aromatic heterocycles. The van der Waals surface area contributed by atoms with Crippen molar-refractivity contribution in [3.8, 4) is 0 Å². The van der Waals surface area contributed by atoms with Crippen molar-refractivity contribution in [2.24, 2.45) is 17.8 Å². The fraction of sp³-hybridized carbons (Fsp3) is 0.733. The molecule has 1 fully saturated rings. The molecular weight excluding hydrogens is 226 g/mol. The minimum Gasteiger partial charge on any atom is -0.319 e. The van der Waals surface area contributed by atoms with Crippen molar-refractivity contribution in [1.29, 1.82) is 0 Å². The zero-order valence-corrected chi connectivity index (χ0v) is 11.9. The van der Waals surface area contributed by atoms with Gasteiger partial charge in [-0.1, -0.05) is 19.4 Å². The lowest BCUT2D eigenvalue weighted by Crippen LogP contribution is -2.31. The Bertz CT molecular complexity index is 307. The van der Waals surface area contributed by atoms with Crippen LogP contribution in [0.5, 0.6) is 0 Å². The van der Waals surface area contributed by atoms with Crippen molar-refractivity contribution in [1.82, 2.24) is 5.32 Å². The summed E-state index contributed by atoms with van der Waals surface area (Å²) in [5.41, 5.74) is 0. The monoisotopic (exact) mass is 251 g/mol. The quantitative estimate of drug-likeness (QED) is 0.835. The second-order valence-corrected chi connectivity index (χ2v) is 6.65. The highest BCUT2D eigenvalue weighted by Crippen LogP contribution is 2.36. The zero-order chi connectivity index (χ0) is 12.1. The van der Waals surface area contributed by atoms with E-state index >= 15 is 0 Å². The Morgan fingerprint density at radius 1 is 1.35 bits per heavy atom. The maximum absolute atomic E-state index is 3.38. The van der Waals surface area contributed by atoms with Gasteiger partial charge in [-0.3, -0.25) is 0 Å². The Morgan fingerprint density at radius 2 is 2.24 bits per heavy atom. The van der Waals surface area contributed by atoms with Gasteiger partial charge in [0, 0.05) is 4.88 Å². The molecule has 0 amide bonds. The molecule has 1 aliphatic rings. The van der Waals surface area contributed by atoms with Crippen molar-refractivity contribution >= 4 is 11.3 Å². The highest BCUT2D eigenvalue weighted by molar-refractivity contribution is 7.09. The SMILES string of the molecule is CNCC1CCC(C)CC1CCc1cccs1. The lowest BCUT2D eigenvalue weighted by Gasteiger charge is -2.35. The summed E-state index contributed by atoms with van der Waals surface area (Å²) >= 11 is 1.91. The maximum Gasteiger partial charge on any atom is 0.00453 e. The van der Waals surface area contributed by atoms with Crippen LogP contribution < -0.4 is 5.32 Å². The lowest BCUT2D eigenvalue weighted by atomic mass is 9.72. The van der Waals surface area contributed by atoms with Crippen molar-refractivity contribution < 1.29 is 0 Å². The van der Waals surface area contributed by atoms with Gasteiger partial charge in [-0.25, -0.2) is 0 Å². The first-order chi connectivity index (χ1) is 8.29. The van der Waals surface area contributed by atoms with E-state index in [-0.39, 0.29) is 0 Å². The Kier molecular flexibility index (Phi) is 5.05. The molecule has 1 aliphatic carbocycles. The van der Waals surface area contributed by atoms with E-state index in [0.717, 1.165) is 17.8 Å². The molecule has 0 radical (unpaired) electrons. The Hall–Kier alpha value is -0.340. The highest BCUT2D eigenvalue weighted by Gasteiger charge is 2.27. The van der Waals surface area contributed by atoms with E-state index in [1.807, 2.05) is 11.3 Å². The number of hydrogen-bond acceptors (Lipinski definition) is 2. The maximum atomic E-state index is 3.38. The van der Waals surface area contributed by atoms with Gasteiger partial charge in [-0.2, -0.15) is 0 Å². The summed E-state index contributed by atoms with van der Waals surface area (Å²) in [6, 6.07) is 4.46. The van der Waals surface area contributed by atoms with E-state index in [4.69, 9.17) is 0 Å². The third-order valence-electron chi connectivity index (χ3n) is 4.21. The summed E-state index contributed by atoms with van der Waals surface area (Å²) in [7, 11) is 2.09. The number of nitrogens with one attached hydrogen (secondary N) is 1. The normalized spacial score (nSPS) is 29.4. The van der Waals surface area contributed by atoms with Gasteiger partial charge in [0.15, 0.2) is 0 Å². The van der Waals surface area contributed by atoms with E-state index in [2.05, 4.69) is 36.8 Å². The van der Waals surface area contributed by atoms with E-state index in [9.17, 15) is 0 Å². The summed E-state index contributed by atoms with van der Waals surface area (Å²) < 4.78 is 0. The molecule has 1 heterocycles. The van der Waals surface area contributed by atoms with Crippen LogP contribution in [0.4, 0.5) is 0 Å². The van der Waals surface area contributed by atoms with Crippen LogP contribution >= 0.6 is 11.3 Å². The Labute approximate surface area is 110 Å². The van der Waals surface area contributed by atoms with Crippen LogP contribution in [-0.4, -0.2) is 13.6 Å². The lowest BCUT2D eigenvalue weighted by molar-refractivity contribution is 0.177. The van der Waals surface area contributed by atoms with Gasteiger partial charge in [0.1, 0.15) is 0 Å². The van der Waals surface area contributed by atoms with Crippen LogP contribution in [0.2, 0.25) is 0 Å². The number of aryl methyl sites for hydroxylation is 1. The van der Waals surface area contributed by atoms with Crippen molar-refractivity contribution in [2.45, 2.75) is 39.0 Å². The summed E-state index contributed by atoms with van der Waals surface area (Å²) in [5, 5.41) is 5.58. The molecule has 17 heavy (non-hydrogen) atoms. The molecule has 0 spiro atoms. The molecule has 0 aliphatic heterocycles. The Balaban J connectivity index is 1.86. The molecule has 2 heteroatoms. The molecule has 3 atom stereocenters. The van der Waals surface area contributed by atoms with Gasteiger partial charge in [0.05, 0.1) is 0 Å². The van der Waals surface area contributed by atoms with Gasteiger partial charge in [-0.15, -0.1) is 11.3 Å². The van der Waals surface area contributed by atoms with Crippen LogP contribution in [0.25, 0.3) is 0 Å². The molecule has 2 rings (SSSR count). The smallest absolute Gasteiger partial charge is 0.00453 e. The largest absolute Gasteiger partial charge is 0.319 e. The molecule has 0 saturated heterocycles. The average Bonchev–Trinajstić information content (AvgIpc) is 2.82. The predicted octanol–water partition coefficient (Wildman–Crippen LogP) is 3.95. The summed E-state index contributed by atoms with van der Waals surface area (Å²) in [6.07, 6.45) is 6.98. The first-order valence-electron chi connectivity index (χ1n) is 6.96. The van der Waals surface area contributed by atoms with Crippen LogP contribution in [0.1, 0.15) is 37.5 Å². The predicted molar refractivity (Wildman–Crippen MR) is 76.6 cm³/mol. The summed E-state index contributed by atoms with van der Waals surface area (Å²) in [4.78, 5) is 1.56. The molecular formula is C15H25NS. The standard InChI is InChI=1S/C15H25NS/c1-12-5-6-14(11-16-2)13(10-12)7-8-15-4-3-9-17-15/h3-4,9,12-14,16H,5-8,10-11H2,1-2H3. The second kappa shape index (κ2) is 6.55. The molecule has 96 valence electrons. The van der Waals surface area contributed by atoms with Gasteiger partial charge in [0.2, 0.25) is 0 Å². The number of thiophene rings is 1. The van der Waals surface area contributed by atoms with E-state index in [1.54, 1.807) is 4.88 Å². The fourth-order valence-corrected chi connectivity index (χ4v) is 3.95. The zero-order valence-electron chi connectivity index (χ0n) is 11.1. The molecule has 0 aromatic carbocycles. The molecule has 0 bridgehead atoms. The minimum absolute atomic E-state index is 0.913. The van der Waals surface area contributed by atoms with Crippen molar-refractivity contribution in [2.75, 3.05) is 13.6 Å². The highest BCUT2D eigenvalue weighted by atomic mass is 32.1. The van der Waals surface area contributed by atoms with E-state index in [0.29, 0.717) is 0 Å². The van der Waals surface area contributed by atoms with Gasteiger partial charge >= 0.3 is 0 Å². The van der Waals surface area contributed by atoms with Crippen molar-refractivity contribution in [3.63, 3.8) is 0 Å². The van der Waals surface area contributed by atoms with Crippen LogP contribution in [0.3, 0.4) is 0 Å². The topological polar surface area (TPSA) is 12.0 Å². The van der Waals surface area contributed by atoms with E-state index in [1.165, 1.54) is 38.6 Å². The van der Waals surface area contributed by atoms with Crippen LogP contribution in [0, 0.1) is 17.8 Å². The van der Waals surface area contributed by atoms with Crippen molar-refractivity contribution in [3.05, 3.63) is 22.4 Å². The van der Waals surface area contributed by atoms with Crippen LogP contribution in [0.15, 0.2) is 17.5 Å². The number of hydrogen-bond donors (Lipinski definition) is 1. The van der Waals surface area contributed by atoms with Crippen LogP contribution in [-0.2, 0) is 6.42 Å². The summed E-state index contributed by atoms with van der Waals surface area (Å²) in [6.45, 7) is 3.63. The molecule has 1 saturated carbocycles. The molecule has 1 nitrogen and oxygen atoms in total. The molecule has 3 unspecified atom stereocenters. The minimum atomic E-state index is 0.913. The second-order valence-electron chi connectivity index (χ2n) is 5.61. The first-order valence-corrected chi connectivity index (χ1v) is 7.84. The van der Waals surface area contributed by atoms with Gasteiger partial charge in [0.25, 0.3) is 0 Å². The Morgan fingerprint density at radius 3 is 2.94 bits per heavy atom. The fourth-order valence-electron chi connectivity index (χ4n) is 3.23. The molecule has 1 aromatic rings.